The standard InChI is InChI=1S/C35H28ClN3O6S/c1-4-44-34(41)30-31(22-8-6-5-7-9-22)37-35-38(32(30)23-12-10-21(11-13-23)20(2)3)33(40)29(46-35)19-25-15-17-28(45-25)24-14-16-26(36)27(18-24)39(42)43/h5-20,32H,4H2,1-3H3/b29-19-/t32-/m1/s1. The molecule has 0 aliphatic carbocycles. The number of nitro benzene ring substituents is 1. The van der Waals surface area contributed by atoms with Crippen LogP contribution in [0.4, 0.5) is 5.69 Å². The first kappa shape index (κ1) is 30.9. The van der Waals surface area contributed by atoms with Crippen LogP contribution in [0.2, 0.25) is 5.02 Å². The molecule has 0 saturated carbocycles. The molecule has 9 nitrogen and oxygen atoms in total. The van der Waals surface area contributed by atoms with Crippen LogP contribution in [0.3, 0.4) is 0 Å². The largest absolute Gasteiger partial charge is 0.463 e. The van der Waals surface area contributed by atoms with E-state index in [0.29, 0.717) is 38.0 Å². The highest BCUT2D eigenvalue weighted by molar-refractivity contribution is 7.07. The Morgan fingerprint density at radius 2 is 1.83 bits per heavy atom. The molecule has 0 spiro atoms. The van der Waals surface area contributed by atoms with Crippen molar-refractivity contribution in [1.29, 1.82) is 0 Å². The van der Waals surface area contributed by atoms with Gasteiger partial charge in [-0.05, 0) is 48.2 Å². The van der Waals surface area contributed by atoms with Crippen LogP contribution in [0.15, 0.2) is 105 Å². The number of fused-ring (bicyclic) bond motifs is 1. The van der Waals surface area contributed by atoms with Gasteiger partial charge in [-0.1, -0.05) is 91.4 Å². The quantitative estimate of drug-likeness (QED) is 0.102. The van der Waals surface area contributed by atoms with Crippen LogP contribution in [0.1, 0.15) is 55.2 Å². The van der Waals surface area contributed by atoms with Gasteiger partial charge >= 0.3 is 5.97 Å². The molecule has 11 heteroatoms. The normalized spacial score (nSPS) is 14.7. The summed E-state index contributed by atoms with van der Waals surface area (Å²) in [5, 5.41) is 11.4. The zero-order chi connectivity index (χ0) is 32.5. The molecule has 232 valence electrons. The number of esters is 1. The summed E-state index contributed by atoms with van der Waals surface area (Å²) in [7, 11) is 0. The summed E-state index contributed by atoms with van der Waals surface area (Å²) in [6, 6.07) is 24.2. The van der Waals surface area contributed by atoms with Crippen LogP contribution in [0.25, 0.3) is 23.1 Å². The van der Waals surface area contributed by atoms with Gasteiger partial charge in [-0.15, -0.1) is 0 Å². The minimum atomic E-state index is -0.796. The van der Waals surface area contributed by atoms with E-state index >= 15 is 0 Å². The number of ether oxygens (including phenoxy) is 1. The Hall–Kier alpha value is -5.06. The van der Waals surface area contributed by atoms with Crippen LogP contribution < -0.4 is 14.9 Å². The van der Waals surface area contributed by atoms with E-state index in [-0.39, 0.29) is 28.4 Å². The van der Waals surface area contributed by atoms with Gasteiger partial charge in [-0.3, -0.25) is 19.5 Å². The van der Waals surface area contributed by atoms with E-state index in [1.54, 1.807) is 31.2 Å². The highest BCUT2D eigenvalue weighted by Gasteiger charge is 2.35. The zero-order valence-corrected chi connectivity index (χ0v) is 26.7. The molecule has 5 aromatic rings. The predicted molar refractivity (Wildman–Crippen MR) is 177 cm³/mol. The minimum absolute atomic E-state index is 0.0205. The van der Waals surface area contributed by atoms with Gasteiger partial charge in [0.1, 0.15) is 16.5 Å². The predicted octanol–water partition coefficient (Wildman–Crippen LogP) is 6.88. The van der Waals surface area contributed by atoms with Crippen molar-refractivity contribution in [2.24, 2.45) is 4.99 Å². The third kappa shape index (κ3) is 5.84. The monoisotopic (exact) mass is 653 g/mol. The molecule has 0 amide bonds. The fourth-order valence-corrected chi connectivity index (χ4v) is 6.51. The van der Waals surface area contributed by atoms with Crippen LogP contribution in [-0.4, -0.2) is 22.1 Å². The topological polar surface area (TPSA) is 117 Å². The van der Waals surface area contributed by atoms with Gasteiger partial charge in [0.05, 0.1) is 33.4 Å². The number of rotatable bonds is 8. The smallest absolute Gasteiger partial charge is 0.338 e. The summed E-state index contributed by atoms with van der Waals surface area (Å²) in [6.45, 7) is 6.10. The molecule has 0 bridgehead atoms. The first-order valence-corrected chi connectivity index (χ1v) is 15.8. The van der Waals surface area contributed by atoms with E-state index in [4.69, 9.17) is 25.7 Å². The molecular formula is C35H28ClN3O6S. The number of carbonyl (C=O) groups excluding carboxylic acids is 1. The summed E-state index contributed by atoms with van der Waals surface area (Å²) in [4.78, 5) is 43.9. The molecule has 0 radical (unpaired) electrons. The maximum absolute atomic E-state index is 14.2. The molecule has 1 aliphatic rings. The number of hydrogen-bond acceptors (Lipinski definition) is 8. The maximum atomic E-state index is 14.2. The second-order valence-corrected chi connectivity index (χ2v) is 12.3. The maximum Gasteiger partial charge on any atom is 0.338 e. The molecular weight excluding hydrogens is 626 g/mol. The fourth-order valence-electron chi connectivity index (χ4n) is 5.34. The molecule has 46 heavy (non-hydrogen) atoms. The van der Waals surface area contributed by atoms with Crippen molar-refractivity contribution < 1.29 is 18.9 Å². The first-order valence-electron chi connectivity index (χ1n) is 14.6. The van der Waals surface area contributed by atoms with Crippen LogP contribution in [0.5, 0.6) is 0 Å². The number of hydrogen-bond donors (Lipinski definition) is 0. The number of aromatic nitrogens is 1. The number of nitrogens with zero attached hydrogens (tertiary/aromatic N) is 3. The van der Waals surface area contributed by atoms with Crippen molar-refractivity contribution in [2.45, 2.75) is 32.7 Å². The minimum Gasteiger partial charge on any atom is -0.463 e. The van der Waals surface area contributed by atoms with Gasteiger partial charge in [0, 0.05) is 23.3 Å². The summed E-state index contributed by atoms with van der Waals surface area (Å²) < 4.78 is 13.4. The Bertz CT molecular complexity index is 2180. The van der Waals surface area contributed by atoms with E-state index in [1.807, 2.05) is 54.6 Å². The molecule has 6 rings (SSSR count). The second kappa shape index (κ2) is 12.7. The molecule has 0 N–H and O–H groups in total. The summed E-state index contributed by atoms with van der Waals surface area (Å²) >= 11 is 7.15. The highest BCUT2D eigenvalue weighted by atomic mass is 35.5. The lowest BCUT2D eigenvalue weighted by Crippen LogP contribution is -2.40. The Morgan fingerprint density at radius 3 is 2.50 bits per heavy atom. The fraction of sp³-hybridized carbons (Fsp3) is 0.171. The van der Waals surface area contributed by atoms with Crippen molar-refractivity contribution in [3.05, 3.63) is 148 Å². The number of furan rings is 1. The third-order valence-corrected chi connectivity index (χ3v) is 8.92. The third-order valence-electron chi connectivity index (χ3n) is 7.62. The van der Waals surface area contributed by atoms with Gasteiger partial charge in [0.25, 0.3) is 11.2 Å². The van der Waals surface area contributed by atoms with Gasteiger partial charge in [-0.25, -0.2) is 9.79 Å². The number of benzene rings is 3. The molecule has 3 aromatic carbocycles. The molecule has 0 fully saturated rings. The van der Waals surface area contributed by atoms with E-state index < -0.39 is 16.9 Å². The lowest BCUT2D eigenvalue weighted by atomic mass is 9.91. The Labute approximate surface area is 272 Å². The van der Waals surface area contributed by atoms with Crippen LogP contribution >= 0.6 is 22.9 Å². The van der Waals surface area contributed by atoms with Crippen LogP contribution in [-0.2, 0) is 9.53 Å². The lowest BCUT2D eigenvalue weighted by Gasteiger charge is -2.26. The molecule has 0 saturated heterocycles. The van der Waals surface area contributed by atoms with E-state index in [1.165, 1.54) is 28.0 Å². The SMILES string of the molecule is CCOC(=O)C1=C(c2ccccc2)N=c2s/c(=C\c3ccc(-c4ccc(Cl)c([N+](=O)[O-])c4)o3)c(=O)n2[C@@H]1c1ccc(C(C)C)cc1. The molecule has 2 aromatic heterocycles. The molecule has 1 atom stereocenters. The van der Waals surface area contributed by atoms with E-state index in [9.17, 15) is 19.7 Å². The van der Waals surface area contributed by atoms with Gasteiger partial charge in [0.15, 0.2) is 4.80 Å². The van der Waals surface area contributed by atoms with Gasteiger partial charge in [0.2, 0.25) is 0 Å². The lowest BCUT2D eigenvalue weighted by molar-refractivity contribution is -0.384. The van der Waals surface area contributed by atoms with Crippen molar-refractivity contribution in [1.82, 2.24) is 4.57 Å². The Kier molecular flexibility index (Phi) is 8.57. The van der Waals surface area contributed by atoms with Crippen molar-refractivity contribution >= 4 is 46.4 Å². The van der Waals surface area contributed by atoms with Crippen molar-refractivity contribution in [3.63, 3.8) is 0 Å². The summed E-state index contributed by atoms with van der Waals surface area (Å²) in [6.07, 6.45) is 1.60. The molecule has 1 aliphatic heterocycles. The number of nitro groups is 1. The van der Waals surface area contributed by atoms with E-state index in [2.05, 4.69) is 13.8 Å². The average molecular weight is 654 g/mol. The number of thiazole rings is 1. The average Bonchev–Trinajstić information content (AvgIpc) is 3.64. The zero-order valence-electron chi connectivity index (χ0n) is 25.1. The van der Waals surface area contributed by atoms with Gasteiger partial charge < -0.3 is 9.15 Å². The summed E-state index contributed by atoms with van der Waals surface area (Å²) in [5.41, 5.74) is 3.18. The van der Waals surface area contributed by atoms with Crippen molar-refractivity contribution in [3.8, 4) is 11.3 Å². The second-order valence-electron chi connectivity index (χ2n) is 10.9. The number of carbonyl (C=O) groups is 1. The molecule has 3 heterocycles. The Balaban J connectivity index is 1.53. The summed E-state index contributed by atoms with van der Waals surface area (Å²) in [5.74, 6) is 0.486. The van der Waals surface area contributed by atoms with Gasteiger partial charge in [-0.2, -0.15) is 0 Å². The first-order chi connectivity index (χ1) is 22.2. The van der Waals surface area contributed by atoms with E-state index in [0.717, 1.165) is 16.7 Å². The molecule has 0 unspecified atom stereocenters. The Morgan fingerprint density at radius 1 is 1.09 bits per heavy atom. The van der Waals surface area contributed by atoms with Crippen molar-refractivity contribution in [2.75, 3.05) is 6.61 Å². The number of halogens is 1. The van der Waals surface area contributed by atoms with Crippen LogP contribution in [0, 0.1) is 10.1 Å². The highest BCUT2D eigenvalue weighted by Crippen LogP contribution is 2.36.